The van der Waals surface area contributed by atoms with Gasteiger partial charge in [0.1, 0.15) is 0 Å². The molecule has 1 rings (SSSR count). The lowest BCUT2D eigenvalue weighted by Gasteiger charge is -2.33. The van der Waals surface area contributed by atoms with Crippen molar-refractivity contribution in [2.24, 2.45) is 11.8 Å². The molecule has 18 heavy (non-hydrogen) atoms. The Balaban J connectivity index is 2.28. The fraction of sp³-hybridized carbons (Fsp3) is 0.933. The van der Waals surface area contributed by atoms with Crippen LogP contribution in [-0.2, 0) is 9.53 Å². The van der Waals surface area contributed by atoms with Gasteiger partial charge in [-0.1, -0.05) is 6.92 Å². The van der Waals surface area contributed by atoms with Crippen molar-refractivity contribution in [3.8, 4) is 0 Å². The highest BCUT2D eigenvalue weighted by molar-refractivity contribution is 5.69. The van der Waals surface area contributed by atoms with E-state index in [0.717, 1.165) is 12.5 Å². The largest absolute Gasteiger partial charge is 0.469 e. The van der Waals surface area contributed by atoms with Crippen LogP contribution in [-0.4, -0.2) is 37.1 Å². The summed E-state index contributed by atoms with van der Waals surface area (Å²) in [6.45, 7) is 9.14. The molecule has 0 amide bonds. The van der Waals surface area contributed by atoms with Crippen molar-refractivity contribution >= 4 is 5.97 Å². The monoisotopic (exact) mass is 255 g/mol. The average Bonchev–Trinajstić information content (AvgIpc) is 2.37. The van der Waals surface area contributed by atoms with Crippen LogP contribution in [0.15, 0.2) is 0 Å². The third-order valence-electron chi connectivity index (χ3n) is 4.28. The average molecular weight is 255 g/mol. The minimum Gasteiger partial charge on any atom is -0.469 e. The molecule has 1 aliphatic rings. The number of hydrogen-bond donors (Lipinski definition) is 0. The number of methoxy groups -OCH3 is 1. The Morgan fingerprint density at radius 3 is 2.22 bits per heavy atom. The van der Waals surface area contributed by atoms with Crippen LogP contribution >= 0.6 is 0 Å². The van der Waals surface area contributed by atoms with Gasteiger partial charge in [-0.15, -0.1) is 0 Å². The summed E-state index contributed by atoms with van der Waals surface area (Å²) in [5.74, 6) is 1.33. The van der Waals surface area contributed by atoms with E-state index in [2.05, 4.69) is 25.7 Å². The van der Waals surface area contributed by atoms with Crippen LogP contribution in [0, 0.1) is 11.8 Å². The maximum Gasteiger partial charge on any atom is 0.305 e. The molecule has 0 aromatic carbocycles. The first-order chi connectivity index (χ1) is 8.56. The molecule has 106 valence electrons. The lowest BCUT2D eigenvalue weighted by atomic mass is 9.80. The highest BCUT2D eigenvalue weighted by Crippen LogP contribution is 2.31. The molecule has 0 saturated heterocycles. The van der Waals surface area contributed by atoms with E-state index >= 15 is 0 Å². The Morgan fingerprint density at radius 2 is 1.78 bits per heavy atom. The van der Waals surface area contributed by atoms with Crippen LogP contribution in [0.25, 0.3) is 0 Å². The number of hydrogen-bond acceptors (Lipinski definition) is 3. The van der Waals surface area contributed by atoms with Crippen molar-refractivity contribution in [2.45, 2.75) is 58.9 Å². The predicted molar refractivity (Wildman–Crippen MR) is 74.5 cm³/mol. The van der Waals surface area contributed by atoms with Gasteiger partial charge in [0.25, 0.3) is 0 Å². The molecule has 0 aliphatic heterocycles. The van der Waals surface area contributed by atoms with Gasteiger partial charge in [-0.25, -0.2) is 0 Å². The van der Waals surface area contributed by atoms with E-state index in [1.54, 1.807) is 0 Å². The van der Waals surface area contributed by atoms with Gasteiger partial charge in [0.05, 0.1) is 7.11 Å². The number of rotatable bonds is 6. The van der Waals surface area contributed by atoms with E-state index in [0.29, 0.717) is 18.4 Å². The fourth-order valence-electron chi connectivity index (χ4n) is 2.97. The standard InChI is InChI=1S/C15H29NO2/c1-5-16(12(2)3)11-14-8-6-13(7-9-14)10-15(17)18-4/h12-14H,5-11H2,1-4H3. The molecule has 0 bridgehead atoms. The van der Waals surface area contributed by atoms with Crippen molar-refractivity contribution in [1.82, 2.24) is 4.90 Å². The Kier molecular flexibility index (Phi) is 6.69. The van der Waals surface area contributed by atoms with Crippen LogP contribution in [0.2, 0.25) is 0 Å². The maximum absolute atomic E-state index is 11.2. The normalized spacial score (nSPS) is 24.6. The molecule has 0 atom stereocenters. The molecular formula is C15H29NO2. The van der Waals surface area contributed by atoms with E-state index in [1.807, 2.05) is 0 Å². The summed E-state index contributed by atoms with van der Waals surface area (Å²) in [5, 5.41) is 0. The third-order valence-corrected chi connectivity index (χ3v) is 4.28. The van der Waals surface area contributed by atoms with E-state index in [1.165, 1.54) is 39.3 Å². The molecule has 3 heteroatoms. The highest BCUT2D eigenvalue weighted by atomic mass is 16.5. The number of carbonyl (C=O) groups excluding carboxylic acids is 1. The molecule has 0 aromatic rings. The van der Waals surface area contributed by atoms with Gasteiger partial charge in [0.15, 0.2) is 0 Å². The third kappa shape index (κ3) is 4.97. The van der Waals surface area contributed by atoms with E-state index < -0.39 is 0 Å². The van der Waals surface area contributed by atoms with Gasteiger partial charge in [-0.2, -0.15) is 0 Å². The topological polar surface area (TPSA) is 29.5 Å². The van der Waals surface area contributed by atoms with E-state index in [4.69, 9.17) is 4.74 Å². The summed E-state index contributed by atoms with van der Waals surface area (Å²) in [7, 11) is 1.48. The summed E-state index contributed by atoms with van der Waals surface area (Å²) in [6, 6.07) is 0.641. The number of ether oxygens (including phenoxy) is 1. The van der Waals surface area contributed by atoms with Gasteiger partial charge < -0.3 is 9.64 Å². The summed E-state index contributed by atoms with van der Waals surface area (Å²) >= 11 is 0. The first kappa shape index (κ1) is 15.5. The zero-order valence-corrected chi connectivity index (χ0v) is 12.4. The molecule has 0 heterocycles. The first-order valence-electron chi connectivity index (χ1n) is 7.37. The van der Waals surface area contributed by atoms with Crippen molar-refractivity contribution in [3.63, 3.8) is 0 Å². The number of esters is 1. The lowest BCUT2D eigenvalue weighted by molar-refractivity contribution is -0.142. The summed E-state index contributed by atoms with van der Waals surface area (Å²) in [5.41, 5.74) is 0. The second-order valence-electron chi connectivity index (χ2n) is 5.85. The predicted octanol–water partition coefficient (Wildman–Crippen LogP) is 3.09. The van der Waals surface area contributed by atoms with E-state index in [-0.39, 0.29) is 5.97 Å². The van der Waals surface area contributed by atoms with Crippen LogP contribution in [0.5, 0.6) is 0 Å². The van der Waals surface area contributed by atoms with Gasteiger partial charge in [-0.05, 0) is 57.9 Å². The molecule has 0 radical (unpaired) electrons. The summed E-state index contributed by atoms with van der Waals surface area (Å²) in [6.07, 6.45) is 5.53. The van der Waals surface area contributed by atoms with Crippen molar-refractivity contribution < 1.29 is 9.53 Å². The summed E-state index contributed by atoms with van der Waals surface area (Å²) < 4.78 is 4.75. The Labute approximate surface area is 112 Å². The Morgan fingerprint density at radius 1 is 1.22 bits per heavy atom. The van der Waals surface area contributed by atoms with Gasteiger partial charge in [0.2, 0.25) is 0 Å². The van der Waals surface area contributed by atoms with Crippen molar-refractivity contribution in [3.05, 3.63) is 0 Å². The van der Waals surface area contributed by atoms with Crippen LogP contribution < -0.4 is 0 Å². The SMILES string of the molecule is CCN(CC1CCC(CC(=O)OC)CC1)C(C)C. The minimum absolute atomic E-state index is 0.0455. The molecule has 3 nitrogen and oxygen atoms in total. The smallest absolute Gasteiger partial charge is 0.305 e. The summed E-state index contributed by atoms with van der Waals surface area (Å²) in [4.78, 5) is 13.8. The molecule has 0 N–H and O–H groups in total. The number of nitrogens with zero attached hydrogens (tertiary/aromatic N) is 1. The van der Waals surface area contributed by atoms with Crippen molar-refractivity contribution in [1.29, 1.82) is 0 Å². The van der Waals surface area contributed by atoms with Crippen molar-refractivity contribution in [2.75, 3.05) is 20.2 Å². The van der Waals surface area contributed by atoms with E-state index in [9.17, 15) is 4.79 Å². The molecule has 0 spiro atoms. The Bertz CT molecular complexity index is 245. The zero-order chi connectivity index (χ0) is 13.5. The molecule has 1 aliphatic carbocycles. The molecule has 1 fully saturated rings. The second-order valence-corrected chi connectivity index (χ2v) is 5.85. The van der Waals surface area contributed by atoms with Crippen LogP contribution in [0.1, 0.15) is 52.9 Å². The van der Waals surface area contributed by atoms with Gasteiger partial charge in [-0.3, -0.25) is 4.79 Å². The number of carbonyl (C=O) groups is 1. The van der Waals surface area contributed by atoms with Gasteiger partial charge >= 0.3 is 5.97 Å². The molecular weight excluding hydrogens is 226 g/mol. The maximum atomic E-state index is 11.2. The molecule has 0 unspecified atom stereocenters. The highest BCUT2D eigenvalue weighted by Gasteiger charge is 2.24. The quantitative estimate of drug-likeness (QED) is 0.683. The second kappa shape index (κ2) is 7.78. The first-order valence-corrected chi connectivity index (χ1v) is 7.37. The van der Waals surface area contributed by atoms with Crippen LogP contribution in [0.4, 0.5) is 0 Å². The molecule has 0 aromatic heterocycles. The zero-order valence-electron chi connectivity index (χ0n) is 12.4. The minimum atomic E-state index is -0.0455. The fourth-order valence-corrected chi connectivity index (χ4v) is 2.97. The lowest BCUT2D eigenvalue weighted by Crippen LogP contribution is -2.36. The van der Waals surface area contributed by atoms with Crippen LogP contribution in [0.3, 0.4) is 0 Å². The Hall–Kier alpha value is -0.570. The molecule has 1 saturated carbocycles. The van der Waals surface area contributed by atoms with Gasteiger partial charge in [0, 0.05) is 19.0 Å².